The van der Waals surface area contributed by atoms with Crippen molar-refractivity contribution in [1.82, 2.24) is 9.36 Å². The summed E-state index contributed by atoms with van der Waals surface area (Å²) in [6.45, 7) is 0. The van der Waals surface area contributed by atoms with Gasteiger partial charge in [-0.2, -0.15) is 9.36 Å². The lowest BCUT2D eigenvalue weighted by Gasteiger charge is -1.99. The molecule has 0 fully saturated rings. The molecule has 1 aromatic carbocycles. The Morgan fingerprint density at radius 1 is 1.43 bits per heavy atom. The molecular weight excluding hydrogens is 303 g/mol. The molecule has 0 saturated carbocycles. The van der Waals surface area contributed by atoms with E-state index in [1.807, 2.05) is 0 Å². The highest BCUT2D eigenvalue weighted by Gasteiger charge is 2.19. The molecular formula is C11H7FN4O4S. The molecule has 0 radical (unpaired) electrons. The predicted octanol–water partition coefficient (Wildman–Crippen LogP) is 1.11. The van der Waals surface area contributed by atoms with Crippen LogP contribution in [0.1, 0.15) is 5.82 Å². The van der Waals surface area contributed by atoms with Crippen molar-refractivity contribution in [2.75, 3.05) is 5.32 Å². The van der Waals surface area contributed by atoms with E-state index >= 15 is 0 Å². The van der Waals surface area contributed by atoms with Gasteiger partial charge in [0, 0.05) is 11.5 Å². The maximum absolute atomic E-state index is 12.7. The first-order valence-corrected chi connectivity index (χ1v) is 6.15. The van der Waals surface area contributed by atoms with Gasteiger partial charge in [0.2, 0.25) is 23.1 Å². The molecule has 8 nitrogen and oxygen atoms in total. The number of nitrogens with one attached hydrogen (secondary N) is 1. The molecule has 108 valence electrons. The number of carboxylic acid groups (broad SMARTS) is 1. The van der Waals surface area contributed by atoms with Crippen LogP contribution < -0.4 is 10.2 Å². The van der Waals surface area contributed by atoms with Gasteiger partial charge in [-0.25, -0.2) is 9.18 Å². The van der Waals surface area contributed by atoms with Crippen LogP contribution in [0.3, 0.4) is 0 Å². The van der Waals surface area contributed by atoms with E-state index in [1.54, 1.807) is 0 Å². The van der Waals surface area contributed by atoms with Crippen molar-refractivity contribution in [1.29, 1.82) is 0 Å². The lowest BCUT2D eigenvalue weighted by atomic mass is 10.3. The van der Waals surface area contributed by atoms with Crippen LogP contribution in [0.2, 0.25) is 0 Å². The number of oxime groups is 1. The van der Waals surface area contributed by atoms with Gasteiger partial charge in [-0.1, -0.05) is 5.16 Å². The molecule has 2 aromatic rings. The molecule has 21 heavy (non-hydrogen) atoms. The topological polar surface area (TPSA) is 114 Å². The molecule has 1 heterocycles. The summed E-state index contributed by atoms with van der Waals surface area (Å²) in [5.74, 6) is -1.93. The Morgan fingerprint density at radius 3 is 2.76 bits per heavy atom. The molecule has 0 aliphatic rings. The van der Waals surface area contributed by atoms with Crippen LogP contribution in [-0.4, -0.2) is 32.6 Å². The molecule has 10 heteroatoms. The first-order valence-electron chi connectivity index (χ1n) is 5.38. The van der Waals surface area contributed by atoms with Crippen molar-refractivity contribution < 1.29 is 23.9 Å². The lowest BCUT2D eigenvalue weighted by Crippen LogP contribution is -2.17. The summed E-state index contributed by atoms with van der Waals surface area (Å²) >= 11 is 0.791. The van der Waals surface area contributed by atoms with Crippen molar-refractivity contribution in [3.63, 3.8) is 0 Å². The van der Waals surface area contributed by atoms with Gasteiger partial charge in [0.05, 0.1) is 0 Å². The molecule has 0 unspecified atom stereocenters. The Kier molecular flexibility index (Phi) is 4.51. The van der Waals surface area contributed by atoms with Gasteiger partial charge in [0.25, 0.3) is 0 Å². The minimum atomic E-state index is -1.41. The summed E-state index contributed by atoms with van der Waals surface area (Å²) in [5.41, 5.74) is -0.547. The summed E-state index contributed by atoms with van der Waals surface area (Å²) in [6.07, 6.45) is 0.386. The van der Waals surface area contributed by atoms with Gasteiger partial charge in [0.1, 0.15) is 5.82 Å². The van der Waals surface area contributed by atoms with E-state index in [1.165, 1.54) is 12.1 Å². The minimum absolute atomic E-state index is 0.121. The molecule has 0 spiro atoms. The van der Waals surface area contributed by atoms with Gasteiger partial charge in [-0.3, -0.25) is 4.79 Å². The van der Waals surface area contributed by atoms with Crippen LogP contribution in [-0.2, 0) is 9.59 Å². The second-order valence-electron chi connectivity index (χ2n) is 3.48. The Labute approximate surface area is 121 Å². The zero-order valence-electron chi connectivity index (χ0n) is 10.2. The largest absolute Gasteiger partial charge is 0.476 e. The van der Waals surface area contributed by atoms with Gasteiger partial charge in [0.15, 0.2) is 5.75 Å². The van der Waals surface area contributed by atoms with Crippen LogP contribution in [0.25, 0.3) is 0 Å². The molecule has 2 rings (SSSR count). The molecule has 0 aliphatic carbocycles. The van der Waals surface area contributed by atoms with Crippen molar-refractivity contribution >= 4 is 34.8 Å². The van der Waals surface area contributed by atoms with Crippen molar-refractivity contribution in [3.05, 3.63) is 35.9 Å². The van der Waals surface area contributed by atoms with E-state index in [9.17, 15) is 14.0 Å². The Bertz CT molecular complexity index is 686. The van der Waals surface area contributed by atoms with Crippen molar-refractivity contribution in [2.24, 2.45) is 5.16 Å². The number of rotatable bonds is 6. The number of carboxylic acids is 1. The standard InChI is InChI=1S/C11H7FN4O4S/c12-6-1-3-7(4-2-6)20-15-8(10(18)19)9-14-11(13-5-17)21-16-9/h1-5H,(H,18,19)(H,13,14,16,17). The number of hydrogen-bond donors (Lipinski definition) is 2. The van der Waals surface area contributed by atoms with Crippen LogP contribution in [0.5, 0.6) is 5.75 Å². The summed E-state index contributed by atoms with van der Waals surface area (Å²) < 4.78 is 16.5. The Hall–Kier alpha value is -2.88. The molecule has 0 saturated heterocycles. The van der Waals surface area contributed by atoms with Crippen LogP contribution in [0.15, 0.2) is 29.4 Å². The number of halogens is 1. The quantitative estimate of drug-likeness (QED) is 0.469. The lowest BCUT2D eigenvalue weighted by molar-refractivity contribution is -0.129. The normalized spacial score (nSPS) is 11.0. The predicted molar refractivity (Wildman–Crippen MR) is 70.8 cm³/mol. The highest BCUT2D eigenvalue weighted by Crippen LogP contribution is 2.14. The average Bonchev–Trinajstić information content (AvgIpc) is 2.89. The van der Waals surface area contributed by atoms with Gasteiger partial charge in [-0.15, -0.1) is 0 Å². The van der Waals surface area contributed by atoms with Crippen LogP contribution in [0.4, 0.5) is 9.52 Å². The second kappa shape index (κ2) is 6.52. The molecule has 0 aliphatic heterocycles. The van der Waals surface area contributed by atoms with E-state index in [2.05, 4.69) is 19.8 Å². The number of hydrogen-bond acceptors (Lipinski definition) is 7. The molecule has 1 aromatic heterocycles. The summed E-state index contributed by atoms with van der Waals surface area (Å²) in [4.78, 5) is 30.0. The Morgan fingerprint density at radius 2 is 2.14 bits per heavy atom. The first-order chi connectivity index (χ1) is 10.1. The molecule has 2 N–H and O–H groups in total. The fourth-order valence-electron chi connectivity index (χ4n) is 1.20. The number of aliphatic carboxylic acids is 1. The zero-order chi connectivity index (χ0) is 15.2. The van der Waals surface area contributed by atoms with E-state index in [0.29, 0.717) is 6.41 Å². The number of anilines is 1. The molecule has 1 amide bonds. The van der Waals surface area contributed by atoms with E-state index in [0.717, 1.165) is 23.7 Å². The third-order valence-corrected chi connectivity index (χ3v) is 2.73. The van der Waals surface area contributed by atoms with Crippen LogP contribution >= 0.6 is 11.5 Å². The van der Waals surface area contributed by atoms with Gasteiger partial charge >= 0.3 is 5.97 Å². The van der Waals surface area contributed by atoms with Crippen LogP contribution in [0, 0.1) is 5.82 Å². The highest BCUT2D eigenvalue weighted by atomic mass is 32.1. The SMILES string of the molecule is O=CNc1nc(C(=NOc2ccc(F)cc2)C(=O)O)ns1. The summed E-state index contributed by atoms with van der Waals surface area (Å²) in [5, 5.41) is 14.8. The monoisotopic (exact) mass is 310 g/mol. The smallest absolute Gasteiger partial charge is 0.362 e. The maximum atomic E-state index is 12.7. The van der Waals surface area contributed by atoms with Gasteiger partial charge < -0.3 is 15.3 Å². The van der Waals surface area contributed by atoms with Crippen molar-refractivity contribution in [2.45, 2.75) is 0 Å². The second-order valence-corrected chi connectivity index (χ2v) is 4.23. The van der Waals surface area contributed by atoms with Gasteiger partial charge in [-0.05, 0) is 24.3 Å². The van der Waals surface area contributed by atoms with Crippen molar-refractivity contribution in [3.8, 4) is 5.75 Å². The maximum Gasteiger partial charge on any atom is 0.362 e. The van der Waals surface area contributed by atoms with E-state index < -0.39 is 17.5 Å². The third kappa shape index (κ3) is 3.79. The first kappa shape index (κ1) is 14.5. The third-order valence-electron chi connectivity index (χ3n) is 2.08. The number of amides is 1. The molecule has 0 bridgehead atoms. The van der Waals surface area contributed by atoms with E-state index in [-0.39, 0.29) is 16.7 Å². The number of benzene rings is 1. The molecule has 0 atom stereocenters. The summed E-state index contributed by atoms with van der Waals surface area (Å²) in [6, 6.07) is 4.84. The zero-order valence-corrected chi connectivity index (χ0v) is 11.0. The number of carbonyl (C=O) groups is 2. The minimum Gasteiger partial charge on any atom is -0.476 e. The number of nitrogens with zero attached hydrogens (tertiary/aromatic N) is 3. The number of aromatic nitrogens is 2. The van der Waals surface area contributed by atoms with E-state index in [4.69, 9.17) is 9.94 Å². The Balaban J connectivity index is 2.21. The average molecular weight is 310 g/mol. The number of carbonyl (C=O) groups excluding carboxylic acids is 1. The summed E-state index contributed by atoms with van der Waals surface area (Å²) in [7, 11) is 0. The highest BCUT2D eigenvalue weighted by molar-refractivity contribution is 7.10. The fourth-order valence-corrected chi connectivity index (χ4v) is 1.73. The fraction of sp³-hybridized carbons (Fsp3) is 0.